The minimum Gasteiger partial charge on any atom is -0.338 e. The van der Waals surface area contributed by atoms with Gasteiger partial charge in [-0.15, -0.1) is 5.10 Å². The number of aromatic nitrogens is 4. The molecule has 0 radical (unpaired) electrons. The summed E-state index contributed by atoms with van der Waals surface area (Å²) in [6.45, 7) is 6.66. The number of tetrazole rings is 1. The molecule has 2 aromatic rings. The molecule has 1 saturated carbocycles. The maximum Gasteiger partial charge on any atom is 0.317 e. The normalized spacial score (nSPS) is 16.3. The van der Waals surface area contributed by atoms with Gasteiger partial charge in [0.15, 0.2) is 5.82 Å². The highest BCUT2D eigenvalue weighted by molar-refractivity contribution is 5.75. The standard InChI is InChI=1S/C19H28N6O/c1-5-20-18(26)24(4)19(9-7-6-8-10-19)17-21-22-23-25(17)16-12-14(2)11-15(3)13-16/h11-13H,5-10H2,1-4H3,(H,20,26). The summed E-state index contributed by atoms with van der Waals surface area (Å²) in [5.74, 6) is 0.746. The van der Waals surface area contributed by atoms with Gasteiger partial charge in [0.2, 0.25) is 0 Å². The highest BCUT2D eigenvalue weighted by Gasteiger charge is 2.44. The fourth-order valence-electron chi connectivity index (χ4n) is 4.03. The van der Waals surface area contributed by atoms with Crippen LogP contribution in [0.3, 0.4) is 0 Å². The number of hydrogen-bond acceptors (Lipinski definition) is 4. The summed E-state index contributed by atoms with van der Waals surface area (Å²) < 4.78 is 1.81. The molecule has 0 atom stereocenters. The minimum absolute atomic E-state index is 0.0793. The van der Waals surface area contributed by atoms with Gasteiger partial charge in [0.05, 0.1) is 5.69 Å². The van der Waals surface area contributed by atoms with E-state index < -0.39 is 5.54 Å². The van der Waals surface area contributed by atoms with Crippen molar-refractivity contribution in [3.63, 3.8) is 0 Å². The van der Waals surface area contributed by atoms with Gasteiger partial charge in [-0.25, -0.2) is 4.79 Å². The van der Waals surface area contributed by atoms with Crippen LogP contribution in [0.15, 0.2) is 18.2 Å². The van der Waals surface area contributed by atoms with E-state index in [0.717, 1.165) is 48.3 Å². The summed E-state index contributed by atoms with van der Waals surface area (Å²) in [5, 5.41) is 15.6. The molecule has 0 bridgehead atoms. The van der Waals surface area contributed by atoms with E-state index in [9.17, 15) is 4.79 Å². The molecule has 1 fully saturated rings. The van der Waals surface area contributed by atoms with Crippen LogP contribution in [-0.2, 0) is 5.54 Å². The molecule has 0 aliphatic heterocycles. The number of carbonyl (C=O) groups excluding carboxylic acids is 1. The minimum atomic E-state index is -0.487. The zero-order valence-electron chi connectivity index (χ0n) is 16.1. The molecule has 7 nitrogen and oxygen atoms in total. The molecule has 0 spiro atoms. The predicted octanol–water partition coefficient (Wildman–Crippen LogP) is 3.10. The molecule has 7 heteroatoms. The Balaban J connectivity index is 2.09. The molecule has 1 aliphatic carbocycles. The van der Waals surface area contributed by atoms with Crippen LogP contribution in [0.1, 0.15) is 56.0 Å². The molecule has 1 aliphatic rings. The Hall–Kier alpha value is -2.44. The van der Waals surface area contributed by atoms with Crippen molar-refractivity contribution in [2.45, 2.75) is 58.4 Å². The molecule has 3 rings (SSSR count). The van der Waals surface area contributed by atoms with Gasteiger partial charge in [-0.3, -0.25) is 0 Å². The molecule has 1 aromatic heterocycles. The number of benzene rings is 1. The van der Waals surface area contributed by atoms with Crippen LogP contribution < -0.4 is 5.32 Å². The van der Waals surface area contributed by atoms with Crippen molar-refractivity contribution in [3.05, 3.63) is 35.2 Å². The van der Waals surface area contributed by atoms with Crippen LogP contribution in [0, 0.1) is 13.8 Å². The number of carbonyl (C=O) groups is 1. The van der Waals surface area contributed by atoms with Crippen LogP contribution in [0.4, 0.5) is 4.79 Å². The zero-order valence-corrected chi connectivity index (χ0v) is 16.1. The Morgan fingerprint density at radius 1 is 1.19 bits per heavy atom. The molecular formula is C19H28N6O. The monoisotopic (exact) mass is 356 g/mol. The largest absolute Gasteiger partial charge is 0.338 e. The zero-order chi connectivity index (χ0) is 18.7. The Morgan fingerprint density at radius 3 is 2.46 bits per heavy atom. The lowest BCUT2D eigenvalue weighted by Gasteiger charge is -2.43. The smallest absolute Gasteiger partial charge is 0.317 e. The number of hydrogen-bond donors (Lipinski definition) is 1. The van der Waals surface area contributed by atoms with Gasteiger partial charge >= 0.3 is 6.03 Å². The van der Waals surface area contributed by atoms with Crippen LogP contribution in [0.5, 0.6) is 0 Å². The van der Waals surface area contributed by atoms with E-state index in [-0.39, 0.29) is 6.03 Å². The van der Waals surface area contributed by atoms with Gasteiger partial charge in [0.1, 0.15) is 5.54 Å². The number of nitrogens with zero attached hydrogens (tertiary/aromatic N) is 5. The predicted molar refractivity (Wildman–Crippen MR) is 100 cm³/mol. The first-order valence-electron chi connectivity index (χ1n) is 9.37. The summed E-state index contributed by atoms with van der Waals surface area (Å²) in [7, 11) is 1.86. The van der Waals surface area contributed by atoms with Crippen molar-refractivity contribution >= 4 is 6.03 Å². The summed E-state index contributed by atoms with van der Waals surface area (Å²) in [6, 6.07) is 6.21. The van der Waals surface area contributed by atoms with Crippen molar-refractivity contribution in [2.24, 2.45) is 0 Å². The summed E-state index contributed by atoms with van der Waals surface area (Å²) >= 11 is 0. The van der Waals surface area contributed by atoms with Crippen molar-refractivity contribution in [2.75, 3.05) is 13.6 Å². The van der Waals surface area contributed by atoms with E-state index in [4.69, 9.17) is 0 Å². The van der Waals surface area contributed by atoms with Crippen LogP contribution in [0.2, 0.25) is 0 Å². The molecule has 1 heterocycles. The Bertz CT molecular complexity index is 758. The van der Waals surface area contributed by atoms with Crippen LogP contribution in [-0.4, -0.2) is 44.7 Å². The second kappa shape index (κ2) is 7.43. The third-order valence-electron chi connectivity index (χ3n) is 5.29. The summed E-state index contributed by atoms with van der Waals surface area (Å²) in [4.78, 5) is 14.4. The SMILES string of the molecule is CCNC(=O)N(C)C1(c2nnnn2-c2cc(C)cc(C)c2)CCCCC1. The molecule has 0 saturated heterocycles. The topological polar surface area (TPSA) is 75.9 Å². The quantitative estimate of drug-likeness (QED) is 0.913. The van der Waals surface area contributed by atoms with Crippen molar-refractivity contribution < 1.29 is 4.79 Å². The van der Waals surface area contributed by atoms with Gasteiger partial charge in [0, 0.05) is 13.6 Å². The van der Waals surface area contributed by atoms with E-state index in [2.05, 4.69) is 52.9 Å². The van der Waals surface area contributed by atoms with E-state index in [1.165, 1.54) is 6.42 Å². The molecule has 140 valence electrons. The average Bonchev–Trinajstić information content (AvgIpc) is 3.11. The lowest BCUT2D eigenvalue weighted by atomic mass is 9.79. The second-order valence-electron chi connectivity index (χ2n) is 7.25. The maximum atomic E-state index is 12.6. The second-order valence-corrected chi connectivity index (χ2v) is 7.25. The lowest BCUT2D eigenvalue weighted by molar-refractivity contribution is 0.0866. The number of amides is 2. The van der Waals surface area contributed by atoms with E-state index in [0.29, 0.717) is 6.54 Å². The molecule has 2 amide bonds. The highest BCUT2D eigenvalue weighted by Crippen LogP contribution is 2.41. The molecule has 26 heavy (non-hydrogen) atoms. The number of aryl methyl sites for hydroxylation is 2. The Kier molecular flexibility index (Phi) is 5.25. The first kappa shape index (κ1) is 18.4. The molecular weight excluding hydrogens is 328 g/mol. The van der Waals surface area contributed by atoms with Gasteiger partial charge in [-0.1, -0.05) is 25.3 Å². The van der Waals surface area contributed by atoms with Gasteiger partial charge in [-0.2, -0.15) is 4.68 Å². The fraction of sp³-hybridized carbons (Fsp3) is 0.579. The highest BCUT2D eigenvalue weighted by atomic mass is 16.2. The van der Waals surface area contributed by atoms with Crippen molar-refractivity contribution in [1.29, 1.82) is 0 Å². The summed E-state index contributed by atoms with van der Waals surface area (Å²) in [5.41, 5.74) is 2.78. The molecule has 0 unspecified atom stereocenters. The van der Waals surface area contributed by atoms with E-state index in [1.807, 2.05) is 14.0 Å². The first-order chi connectivity index (χ1) is 12.5. The number of urea groups is 1. The molecule has 1 aromatic carbocycles. The fourth-order valence-corrected chi connectivity index (χ4v) is 4.03. The van der Waals surface area contributed by atoms with Crippen LogP contribution >= 0.6 is 0 Å². The summed E-state index contributed by atoms with van der Waals surface area (Å²) in [6.07, 6.45) is 5.03. The van der Waals surface area contributed by atoms with Crippen molar-refractivity contribution in [1.82, 2.24) is 30.4 Å². The van der Waals surface area contributed by atoms with Crippen LogP contribution in [0.25, 0.3) is 5.69 Å². The first-order valence-corrected chi connectivity index (χ1v) is 9.37. The van der Waals surface area contributed by atoms with E-state index in [1.54, 1.807) is 9.58 Å². The van der Waals surface area contributed by atoms with Crippen molar-refractivity contribution in [3.8, 4) is 5.69 Å². The maximum absolute atomic E-state index is 12.6. The van der Waals surface area contributed by atoms with Gasteiger partial charge < -0.3 is 10.2 Å². The van der Waals surface area contributed by atoms with Gasteiger partial charge in [0.25, 0.3) is 0 Å². The number of nitrogens with one attached hydrogen (secondary N) is 1. The average molecular weight is 356 g/mol. The lowest BCUT2D eigenvalue weighted by Crippen LogP contribution is -2.53. The molecule has 1 N–H and O–H groups in total. The third-order valence-corrected chi connectivity index (χ3v) is 5.29. The Labute approximate surface area is 154 Å². The Morgan fingerprint density at radius 2 is 1.85 bits per heavy atom. The van der Waals surface area contributed by atoms with E-state index >= 15 is 0 Å². The number of rotatable bonds is 4. The van der Waals surface area contributed by atoms with Gasteiger partial charge in [-0.05, 0) is 67.3 Å². The third kappa shape index (κ3) is 3.30.